The van der Waals surface area contributed by atoms with Crippen molar-refractivity contribution in [2.24, 2.45) is 0 Å². The summed E-state index contributed by atoms with van der Waals surface area (Å²) in [5.74, 6) is -0.830. The van der Waals surface area contributed by atoms with Crippen LogP contribution < -0.4 is 9.47 Å². The number of esters is 1. The Kier molecular flexibility index (Phi) is 7.70. The summed E-state index contributed by atoms with van der Waals surface area (Å²) < 4.78 is 15.8. The molecule has 4 aromatic carbocycles. The Morgan fingerprint density at radius 3 is 2.41 bits per heavy atom. The van der Waals surface area contributed by atoms with Gasteiger partial charge >= 0.3 is 11.7 Å². The molecule has 4 aromatic rings. The predicted octanol–water partition coefficient (Wildman–Crippen LogP) is 6.57. The molecule has 1 aliphatic rings. The number of ether oxygens (including phenoxy) is 3. The molecule has 5 rings (SSSR count). The van der Waals surface area contributed by atoms with Gasteiger partial charge in [0.25, 0.3) is 11.1 Å². The number of nitro groups is 1. The Labute approximate surface area is 238 Å². The molecule has 11 heteroatoms. The molecule has 0 atom stereocenters. The average molecular weight is 571 g/mol. The lowest BCUT2D eigenvalue weighted by Crippen LogP contribution is -2.27. The van der Waals surface area contributed by atoms with Gasteiger partial charge in [-0.2, -0.15) is 0 Å². The van der Waals surface area contributed by atoms with Crippen LogP contribution in [0.4, 0.5) is 10.5 Å². The summed E-state index contributed by atoms with van der Waals surface area (Å²) in [4.78, 5) is 50.0. The smallest absolute Gasteiger partial charge is 0.338 e. The van der Waals surface area contributed by atoms with E-state index in [1.807, 2.05) is 42.5 Å². The molecule has 2 amide bonds. The minimum absolute atomic E-state index is 0.00317. The van der Waals surface area contributed by atoms with E-state index in [0.717, 1.165) is 34.2 Å². The number of amides is 2. The van der Waals surface area contributed by atoms with E-state index in [0.29, 0.717) is 5.56 Å². The van der Waals surface area contributed by atoms with Crippen LogP contribution in [0.1, 0.15) is 21.5 Å². The van der Waals surface area contributed by atoms with Gasteiger partial charge in [-0.25, -0.2) is 4.79 Å². The Hall–Kier alpha value is -5.16. The highest BCUT2D eigenvalue weighted by molar-refractivity contribution is 8.18. The predicted molar refractivity (Wildman–Crippen MR) is 153 cm³/mol. The van der Waals surface area contributed by atoms with Gasteiger partial charge in [0.05, 0.1) is 36.2 Å². The van der Waals surface area contributed by atoms with Crippen LogP contribution in [0.3, 0.4) is 0 Å². The fourth-order valence-electron chi connectivity index (χ4n) is 4.28. The van der Waals surface area contributed by atoms with E-state index < -0.39 is 22.5 Å². The lowest BCUT2D eigenvalue weighted by atomic mass is 10.1. The van der Waals surface area contributed by atoms with Crippen molar-refractivity contribution in [3.05, 3.63) is 111 Å². The highest BCUT2D eigenvalue weighted by Gasteiger charge is 2.35. The van der Waals surface area contributed by atoms with Gasteiger partial charge in [0.2, 0.25) is 5.75 Å². The number of thioether (sulfide) groups is 1. The van der Waals surface area contributed by atoms with E-state index >= 15 is 0 Å². The first kappa shape index (κ1) is 27.4. The zero-order valence-electron chi connectivity index (χ0n) is 21.9. The van der Waals surface area contributed by atoms with Gasteiger partial charge in [0.15, 0.2) is 11.5 Å². The number of rotatable bonds is 8. The number of carbonyl (C=O) groups excluding carboxylic acids is 3. The fourth-order valence-corrected chi connectivity index (χ4v) is 5.11. The summed E-state index contributed by atoms with van der Waals surface area (Å²) in [6, 6.07) is 22.1. The Bertz CT molecular complexity index is 1750. The van der Waals surface area contributed by atoms with Crippen molar-refractivity contribution in [3.63, 3.8) is 0 Å². The topological polar surface area (TPSA) is 125 Å². The van der Waals surface area contributed by atoms with Gasteiger partial charge in [-0.3, -0.25) is 24.6 Å². The number of carbonyl (C=O) groups is 3. The number of benzene rings is 4. The monoisotopic (exact) mass is 570 g/mol. The van der Waals surface area contributed by atoms with E-state index in [2.05, 4.69) is 4.74 Å². The molecule has 1 aliphatic heterocycles. The molecule has 0 bridgehead atoms. The summed E-state index contributed by atoms with van der Waals surface area (Å²) in [6.45, 7) is 0.149. The zero-order chi connectivity index (χ0) is 29.1. The summed E-state index contributed by atoms with van der Waals surface area (Å²) >= 11 is 0.844. The lowest BCUT2D eigenvalue weighted by Gasteiger charge is -2.13. The second kappa shape index (κ2) is 11.5. The van der Waals surface area contributed by atoms with Crippen LogP contribution >= 0.6 is 11.8 Å². The summed E-state index contributed by atoms with van der Waals surface area (Å²) in [7, 11) is 2.58. The first-order chi connectivity index (χ1) is 19.8. The molecule has 206 valence electrons. The van der Waals surface area contributed by atoms with E-state index in [1.54, 1.807) is 18.2 Å². The van der Waals surface area contributed by atoms with Gasteiger partial charge < -0.3 is 14.2 Å². The van der Waals surface area contributed by atoms with Crippen LogP contribution in [0.25, 0.3) is 16.8 Å². The second-order valence-corrected chi connectivity index (χ2v) is 9.89. The molecule has 10 nitrogen and oxygen atoms in total. The van der Waals surface area contributed by atoms with Gasteiger partial charge in [-0.15, -0.1) is 0 Å². The first-order valence-electron chi connectivity index (χ1n) is 12.2. The normalized spacial score (nSPS) is 14.0. The Balaban J connectivity index is 1.36. The van der Waals surface area contributed by atoms with Crippen molar-refractivity contribution in [2.45, 2.75) is 6.54 Å². The number of imide groups is 1. The standard InChI is InChI=1S/C30H22N2O8S/c1-38-26-14-18(8-11-25(26)40-24-12-10-22(29(34)39-2)16-23(24)32(36)37)15-27-28(33)31(30(35)41-27)17-19-7-9-20-5-3-4-6-21(20)13-19/h3-16H,17H2,1-2H3/b27-15-. The molecule has 0 saturated carbocycles. The molecule has 41 heavy (non-hydrogen) atoms. The van der Waals surface area contributed by atoms with Crippen molar-refractivity contribution in [2.75, 3.05) is 14.2 Å². The maximum atomic E-state index is 13.1. The molecule has 1 heterocycles. The highest BCUT2D eigenvalue weighted by Crippen LogP contribution is 2.39. The third-order valence-corrected chi connectivity index (χ3v) is 7.22. The number of fused-ring (bicyclic) bond motifs is 1. The highest BCUT2D eigenvalue weighted by atomic mass is 32.2. The van der Waals surface area contributed by atoms with Crippen molar-refractivity contribution >= 4 is 51.4 Å². The Morgan fingerprint density at radius 1 is 0.927 bits per heavy atom. The average Bonchev–Trinajstić information content (AvgIpc) is 3.24. The molecular weight excluding hydrogens is 548 g/mol. The summed E-state index contributed by atoms with van der Waals surface area (Å²) in [5.41, 5.74) is 0.965. The molecule has 1 fully saturated rings. The van der Waals surface area contributed by atoms with Gasteiger partial charge in [0, 0.05) is 6.07 Å². The molecule has 0 spiro atoms. The molecule has 1 saturated heterocycles. The fraction of sp³-hybridized carbons (Fsp3) is 0.100. The molecule has 0 unspecified atom stereocenters. The summed E-state index contributed by atoms with van der Waals surface area (Å²) in [5, 5.41) is 13.3. The maximum Gasteiger partial charge on any atom is 0.338 e. The molecular formula is C30H22N2O8S. The van der Waals surface area contributed by atoms with E-state index in [9.17, 15) is 24.5 Å². The quantitative estimate of drug-likeness (QED) is 0.100. The first-order valence-corrected chi connectivity index (χ1v) is 13.0. The van der Waals surface area contributed by atoms with Crippen molar-refractivity contribution in [3.8, 4) is 17.2 Å². The number of nitrogens with zero attached hydrogens (tertiary/aromatic N) is 2. The maximum absolute atomic E-state index is 13.1. The minimum Gasteiger partial charge on any atom is -0.493 e. The number of hydrogen-bond acceptors (Lipinski definition) is 9. The van der Waals surface area contributed by atoms with Crippen molar-refractivity contribution in [1.29, 1.82) is 0 Å². The van der Waals surface area contributed by atoms with E-state index in [4.69, 9.17) is 9.47 Å². The lowest BCUT2D eigenvalue weighted by molar-refractivity contribution is -0.385. The largest absolute Gasteiger partial charge is 0.493 e. The van der Waals surface area contributed by atoms with Crippen molar-refractivity contribution < 1.29 is 33.5 Å². The van der Waals surface area contributed by atoms with E-state index in [1.165, 1.54) is 37.3 Å². The molecule has 0 aliphatic carbocycles. The number of methoxy groups -OCH3 is 2. The van der Waals surface area contributed by atoms with Crippen LogP contribution in [-0.2, 0) is 16.1 Å². The van der Waals surface area contributed by atoms with Crippen LogP contribution in [0, 0.1) is 10.1 Å². The van der Waals surface area contributed by atoms with Gasteiger partial charge in [-0.05, 0) is 70.1 Å². The third-order valence-electron chi connectivity index (χ3n) is 6.31. The Morgan fingerprint density at radius 2 is 1.68 bits per heavy atom. The van der Waals surface area contributed by atoms with Crippen LogP contribution in [-0.4, -0.2) is 41.2 Å². The van der Waals surface area contributed by atoms with Crippen molar-refractivity contribution in [1.82, 2.24) is 4.90 Å². The SMILES string of the molecule is COC(=O)c1ccc(Oc2ccc(/C=C3\SC(=O)N(Cc4ccc5ccccc5c4)C3=O)cc2OC)c([N+](=O)[O-])c1. The molecule has 0 N–H and O–H groups in total. The van der Waals surface area contributed by atoms with Crippen LogP contribution in [0.2, 0.25) is 0 Å². The molecule has 0 radical (unpaired) electrons. The third kappa shape index (κ3) is 5.75. The van der Waals surface area contributed by atoms with Gasteiger partial charge in [0.1, 0.15) is 0 Å². The second-order valence-electron chi connectivity index (χ2n) is 8.89. The minimum atomic E-state index is -0.719. The zero-order valence-corrected chi connectivity index (χ0v) is 22.7. The van der Waals surface area contributed by atoms with Crippen LogP contribution in [0.15, 0.2) is 83.8 Å². The van der Waals surface area contributed by atoms with E-state index in [-0.39, 0.29) is 39.5 Å². The number of nitro benzene ring substituents is 1. The van der Waals surface area contributed by atoms with Gasteiger partial charge in [-0.1, -0.05) is 42.5 Å². The summed E-state index contributed by atoms with van der Waals surface area (Å²) in [6.07, 6.45) is 1.57. The molecule has 0 aromatic heterocycles. The van der Waals surface area contributed by atoms with Crippen LogP contribution in [0.5, 0.6) is 17.2 Å². The number of hydrogen-bond donors (Lipinski definition) is 0.